The fourth-order valence-corrected chi connectivity index (χ4v) is 7.35. The fraction of sp³-hybridized carbons (Fsp3) is 0.600. The van der Waals surface area contributed by atoms with Crippen LogP contribution in [-0.2, 0) is 42.9 Å². The van der Waals surface area contributed by atoms with E-state index < -0.39 is 12.3 Å². The van der Waals surface area contributed by atoms with Crippen LogP contribution in [0, 0.1) is 0 Å². The first-order chi connectivity index (χ1) is 28.6. The van der Waals surface area contributed by atoms with Crippen molar-refractivity contribution in [2.75, 3.05) is 128 Å². The summed E-state index contributed by atoms with van der Waals surface area (Å²) in [6.45, 7) is 10.00. The molecule has 3 N–H and O–H groups in total. The number of fused-ring (bicyclic) bond motifs is 1. The number of ether oxygens (including phenoxy) is 5. The molecule has 2 fully saturated rings. The maximum absolute atomic E-state index is 13.6. The van der Waals surface area contributed by atoms with Gasteiger partial charge in [-0.2, -0.15) is 0 Å². The third-order valence-electron chi connectivity index (χ3n) is 9.57. The minimum atomic E-state index is -0.789. The molecule has 0 spiro atoms. The lowest BCUT2D eigenvalue weighted by atomic mass is 10.2. The number of carbonyl (C=O) groups is 4. The van der Waals surface area contributed by atoms with Crippen molar-refractivity contribution in [3.63, 3.8) is 0 Å². The van der Waals surface area contributed by atoms with Gasteiger partial charge in [0.15, 0.2) is 0 Å². The molecule has 0 saturated carbocycles. The van der Waals surface area contributed by atoms with Gasteiger partial charge in [-0.05, 0) is 36.8 Å². The van der Waals surface area contributed by atoms with Crippen molar-refractivity contribution >= 4 is 56.7 Å². The van der Waals surface area contributed by atoms with Crippen LogP contribution >= 0.6 is 11.3 Å². The first-order valence-electron chi connectivity index (χ1n) is 20.1. The molecule has 59 heavy (non-hydrogen) atoms. The summed E-state index contributed by atoms with van der Waals surface area (Å²) in [5.74, 6) is 0.0753. The number of thiazole rings is 1. The second-order valence-electron chi connectivity index (χ2n) is 14.1. The molecule has 1 atom stereocenters. The Balaban J connectivity index is 0.837. The highest BCUT2D eigenvalue weighted by molar-refractivity contribution is 7.21. The lowest BCUT2D eigenvalue weighted by molar-refractivity contribution is -0.133. The maximum Gasteiger partial charge on any atom is 0.246 e. The van der Waals surface area contributed by atoms with Crippen LogP contribution in [0.4, 0.5) is 15.9 Å². The highest BCUT2D eigenvalue weighted by Gasteiger charge is 2.24. The number of pyridine rings is 1. The molecule has 5 rings (SSSR count). The van der Waals surface area contributed by atoms with E-state index in [1.54, 1.807) is 11.3 Å². The zero-order chi connectivity index (χ0) is 41.8. The van der Waals surface area contributed by atoms with Gasteiger partial charge < -0.3 is 54.3 Å². The van der Waals surface area contributed by atoms with Gasteiger partial charge in [0.2, 0.25) is 23.6 Å². The number of nitrogens with zero attached hydrogens (tertiary/aromatic N) is 5. The fourth-order valence-electron chi connectivity index (χ4n) is 6.36. The Morgan fingerprint density at radius 1 is 0.814 bits per heavy atom. The highest BCUT2D eigenvalue weighted by atomic mass is 32.1. The van der Waals surface area contributed by atoms with Gasteiger partial charge in [0.05, 0.1) is 82.1 Å². The van der Waals surface area contributed by atoms with Crippen molar-refractivity contribution in [1.29, 1.82) is 0 Å². The number of benzene rings is 1. The van der Waals surface area contributed by atoms with Gasteiger partial charge in [0.1, 0.15) is 23.6 Å². The van der Waals surface area contributed by atoms with Gasteiger partial charge in [0.25, 0.3) is 0 Å². The van der Waals surface area contributed by atoms with Crippen LogP contribution in [0.2, 0.25) is 0 Å². The van der Waals surface area contributed by atoms with E-state index in [9.17, 15) is 23.6 Å². The van der Waals surface area contributed by atoms with Crippen LogP contribution in [0.5, 0.6) is 0 Å². The van der Waals surface area contributed by atoms with Gasteiger partial charge in [-0.25, -0.2) is 14.4 Å². The average Bonchev–Trinajstić information content (AvgIpc) is 3.88. The number of hydrogen-bond donors (Lipinski definition) is 3. The Labute approximate surface area is 348 Å². The number of alkyl halides is 1. The summed E-state index contributed by atoms with van der Waals surface area (Å²) in [6, 6.07) is 10.2. The van der Waals surface area contributed by atoms with Crippen molar-refractivity contribution in [1.82, 2.24) is 30.8 Å². The van der Waals surface area contributed by atoms with Crippen LogP contribution < -0.4 is 25.8 Å². The largest absolute Gasteiger partial charge is 0.379 e. The predicted octanol–water partition coefficient (Wildman–Crippen LogP) is 1.79. The van der Waals surface area contributed by atoms with Gasteiger partial charge in [-0.3, -0.25) is 19.2 Å². The molecule has 17 nitrogen and oxygen atoms in total. The number of nitrogens with one attached hydrogen (secondary N) is 3. The van der Waals surface area contributed by atoms with E-state index in [4.69, 9.17) is 28.7 Å². The molecule has 1 unspecified atom stereocenters. The number of amides is 4. The van der Waals surface area contributed by atoms with Crippen molar-refractivity contribution < 1.29 is 47.3 Å². The SMILES string of the molecule is CC(=O)NCC(CNC(C)=O)OCC(=O)NCCOCCOCCOCCOCCC(=O)N1CCN(c2ccc3nc(-c4ccc(N5CCC(F)C5)nc4)sc3c2)CC1. The number of carbonyl (C=O) groups excluding carboxylic acids is 4. The van der Waals surface area contributed by atoms with Crippen LogP contribution in [0.25, 0.3) is 20.8 Å². The second-order valence-corrected chi connectivity index (χ2v) is 15.2. The normalized spacial score (nSPS) is 15.6. The summed E-state index contributed by atoms with van der Waals surface area (Å²) < 4.78 is 42.3. The van der Waals surface area contributed by atoms with E-state index in [0.717, 1.165) is 45.4 Å². The van der Waals surface area contributed by atoms with E-state index in [0.29, 0.717) is 98.4 Å². The molecule has 2 aromatic heterocycles. The highest BCUT2D eigenvalue weighted by Crippen LogP contribution is 2.33. The van der Waals surface area contributed by atoms with E-state index in [-0.39, 0.29) is 43.3 Å². The lowest BCUT2D eigenvalue weighted by Gasteiger charge is -2.36. The summed E-state index contributed by atoms with van der Waals surface area (Å²) in [5, 5.41) is 8.80. The molecule has 1 aromatic carbocycles. The number of anilines is 2. The van der Waals surface area contributed by atoms with Crippen LogP contribution in [-0.4, -0.2) is 169 Å². The molecule has 4 amide bonds. The molecule has 2 aliphatic heterocycles. The molecule has 4 heterocycles. The van der Waals surface area contributed by atoms with Gasteiger partial charge in [-0.1, -0.05) is 0 Å². The molecule has 0 bridgehead atoms. The minimum Gasteiger partial charge on any atom is -0.379 e. The molecule has 2 saturated heterocycles. The van der Waals surface area contributed by atoms with Crippen LogP contribution in [0.15, 0.2) is 36.5 Å². The Bertz CT molecular complexity index is 1760. The van der Waals surface area contributed by atoms with Crippen LogP contribution in [0.1, 0.15) is 26.7 Å². The van der Waals surface area contributed by atoms with Crippen molar-refractivity contribution in [2.24, 2.45) is 0 Å². The Kier molecular flexibility index (Phi) is 18.9. The second kappa shape index (κ2) is 24.5. The van der Waals surface area contributed by atoms with Gasteiger partial charge >= 0.3 is 0 Å². The van der Waals surface area contributed by atoms with Crippen molar-refractivity contribution in [3.05, 3.63) is 36.5 Å². The summed E-state index contributed by atoms with van der Waals surface area (Å²) in [6.07, 6.45) is 1.36. The first kappa shape index (κ1) is 45.6. The molecule has 324 valence electrons. The zero-order valence-electron chi connectivity index (χ0n) is 34.0. The minimum absolute atomic E-state index is 0.0811. The molecule has 2 aliphatic rings. The van der Waals surface area contributed by atoms with Gasteiger partial charge in [-0.15, -0.1) is 11.3 Å². The maximum atomic E-state index is 13.6. The van der Waals surface area contributed by atoms with E-state index >= 15 is 0 Å². The molecule has 3 aromatic rings. The Hall–Kier alpha value is -4.53. The van der Waals surface area contributed by atoms with Crippen LogP contribution in [0.3, 0.4) is 0 Å². The third-order valence-corrected chi connectivity index (χ3v) is 10.6. The first-order valence-corrected chi connectivity index (χ1v) is 20.9. The smallest absolute Gasteiger partial charge is 0.246 e. The summed E-state index contributed by atoms with van der Waals surface area (Å²) in [4.78, 5) is 62.7. The Morgan fingerprint density at radius 3 is 2.08 bits per heavy atom. The quantitative estimate of drug-likeness (QED) is 0.105. The molecule has 0 aliphatic carbocycles. The molecular weight excluding hydrogens is 788 g/mol. The number of aromatic nitrogens is 2. The average molecular weight is 845 g/mol. The predicted molar refractivity (Wildman–Crippen MR) is 221 cm³/mol. The van der Waals surface area contributed by atoms with E-state index in [1.807, 2.05) is 34.2 Å². The summed E-state index contributed by atoms with van der Waals surface area (Å²) in [5.41, 5.74) is 2.99. The van der Waals surface area contributed by atoms with Crippen molar-refractivity contribution in [2.45, 2.75) is 39.0 Å². The number of hydrogen-bond acceptors (Lipinski definition) is 14. The molecule has 19 heteroatoms. The van der Waals surface area contributed by atoms with Crippen molar-refractivity contribution in [3.8, 4) is 10.6 Å². The van der Waals surface area contributed by atoms with Gasteiger partial charge in [0, 0.05) is 83.7 Å². The molecule has 0 radical (unpaired) electrons. The number of piperazine rings is 1. The monoisotopic (exact) mass is 844 g/mol. The lowest BCUT2D eigenvalue weighted by Crippen LogP contribution is -2.49. The van der Waals surface area contributed by atoms with E-state index in [1.165, 1.54) is 13.8 Å². The van der Waals surface area contributed by atoms with E-state index in [2.05, 4.69) is 38.0 Å². The zero-order valence-corrected chi connectivity index (χ0v) is 34.8. The molecular formula is C40H57FN8O9S. The Morgan fingerprint density at radius 2 is 1.47 bits per heavy atom. The number of rotatable bonds is 25. The third kappa shape index (κ3) is 15.9. The summed E-state index contributed by atoms with van der Waals surface area (Å²) in [7, 11) is 0. The number of halogens is 1. The summed E-state index contributed by atoms with van der Waals surface area (Å²) >= 11 is 1.63. The standard InChI is InChI=1S/C40H57FN8O9S/c1-29(50)43-25-34(26-44-30(2)51)58-28-38(52)42-9-16-55-18-20-57-22-21-56-19-17-54-15-8-39(53)48-13-11-47(12-14-48)33-4-5-35-36(23-33)59-40(46-35)31-3-6-37(45-24-31)49-10-7-32(41)27-49/h3-6,23-24,32,34H,7-22,25-28H2,1-2H3,(H,42,52)(H,43,50)(H,44,51). The topological polar surface area (TPSA) is 186 Å².